The molecular formula is C33H42N4O2. The molecule has 0 unspecified atom stereocenters. The van der Waals surface area contributed by atoms with E-state index in [1.54, 1.807) is 6.20 Å². The molecule has 3 rings (SSSR count). The number of aryl methyl sites for hydroxylation is 1. The first-order valence-corrected chi connectivity index (χ1v) is 13.2. The second-order valence-electron chi connectivity index (χ2n) is 12.5. The molecule has 0 atom stereocenters. The molecule has 6 heteroatoms. The summed E-state index contributed by atoms with van der Waals surface area (Å²) in [5.74, 6) is -0.308. The Morgan fingerprint density at radius 3 is 2.05 bits per heavy atom. The van der Waals surface area contributed by atoms with Crippen molar-refractivity contribution in [3.63, 3.8) is 0 Å². The minimum atomic E-state index is -0.212. The smallest absolute Gasteiger partial charge is 0.255 e. The molecule has 1 heterocycles. The first-order chi connectivity index (χ1) is 18.0. The summed E-state index contributed by atoms with van der Waals surface area (Å²) < 4.78 is 0. The molecule has 2 aromatic carbocycles. The van der Waals surface area contributed by atoms with Gasteiger partial charge in [-0.2, -0.15) is 0 Å². The van der Waals surface area contributed by atoms with Crippen LogP contribution < -0.4 is 10.6 Å². The van der Waals surface area contributed by atoms with Gasteiger partial charge in [0, 0.05) is 48.7 Å². The lowest BCUT2D eigenvalue weighted by atomic mass is 9.84. The number of carbonyl (C=O) groups is 2. The predicted octanol–water partition coefficient (Wildman–Crippen LogP) is 6.92. The van der Waals surface area contributed by atoms with Gasteiger partial charge in [0.05, 0.1) is 11.9 Å². The van der Waals surface area contributed by atoms with Gasteiger partial charge in [-0.05, 0) is 70.8 Å². The van der Waals surface area contributed by atoms with E-state index in [4.69, 9.17) is 0 Å². The van der Waals surface area contributed by atoms with E-state index in [9.17, 15) is 9.59 Å². The Bertz CT molecular complexity index is 1370. The number of rotatable bonds is 7. The number of carbonyl (C=O) groups excluding carboxylic acids is 2. The van der Waals surface area contributed by atoms with E-state index < -0.39 is 0 Å². The van der Waals surface area contributed by atoms with Gasteiger partial charge in [0.25, 0.3) is 11.8 Å². The van der Waals surface area contributed by atoms with Gasteiger partial charge >= 0.3 is 0 Å². The van der Waals surface area contributed by atoms with Gasteiger partial charge in [-0.25, -0.2) is 0 Å². The second-order valence-corrected chi connectivity index (χ2v) is 12.5. The normalized spacial score (nSPS) is 11.6. The highest BCUT2D eigenvalue weighted by molar-refractivity contribution is 6.05. The zero-order chi connectivity index (χ0) is 29.1. The monoisotopic (exact) mass is 526 g/mol. The van der Waals surface area contributed by atoms with Crippen molar-refractivity contribution in [3.8, 4) is 11.1 Å². The number of nitrogens with zero attached hydrogens (tertiary/aromatic N) is 2. The van der Waals surface area contributed by atoms with Crippen LogP contribution in [0.25, 0.3) is 16.8 Å². The lowest BCUT2D eigenvalue weighted by Gasteiger charge is -2.23. The fourth-order valence-corrected chi connectivity index (χ4v) is 3.96. The SMILES string of the molecule is C=C(c1cc(C(=O)Nc2cnc(C)c(-c3ccc(C(=O)NCC(C)(C)C)cc3)c2)cc(C(C)(C)C)c1)N(C)C. The summed E-state index contributed by atoms with van der Waals surface area (Å²) in [7, 11) is 3.88. The van der Waals surface area contributed by atoms with Crippen molar-refractivity contribution in [3.05, 3.63) is 89.3 Å². The largest absolute Gasteiger partial charge is 0.378 e. The number of pyridine rings is 1. The highest BCUT2D eigenvalue weighted by Crippen LogP contribution is 2.29. The topological polar surface area (TPSA) is 74.3 Å². The van der Waals surface area contributed by atoms with Gasteiger partial charge in [0.2, 0.25) is 0 Å². The standard InChI is InChI=1S/C33H42N4O2/c1-21-29(23-11-13-24(14-12-23)30(38)35-20-32(3,4)5)18-28(19-34-21)36-31(39)26-15-25(22(2)37(9)10)16-27(17-26)33(6,7)8/h11-19H,2,20H2,1,3-10H3,(H,35,38)(H,36,39). The van der Waals surface area contributed by atoms with Gasteiger partial charge in [0.1, 0.15) is 0 Å². The van der Waals surface area contributed by atoms with E-state index in [0.717, 1.165) is 33.6 Å². The molecule has 1 aromatic heterocycles. The number of amides is 2. The zero-order valence-corrected chi connectivity index (χ0v) is 24.8. The molecule has 0 fully saturated rings. The molecule has 0 aliphatic carbocycles. The van der Waals surface area contributed by atoms with Crippen molar-refractivity contribution in [2.45, 2.75) is 53.9 Å². The molecule has 0 radical (unpaired) electrons. The Kier molecular flexibility index (Phi) is 8.69. The minimum absolute atomic E-state index is 0.0131. The molecule has 0 saturated carbocycles. The molecule has 6 nitrogen and oxygen atoms in total. The summed E-state index contributed by atoms with van der Waals surface area (Å²) >= 11 is 0. The number of benzene rings is 2. The van der Waals surface area contributed by atoms with Crippen LogP contribution in [-0.2, 0) is 5.41 Å². The van der Waals surface area contributed by atoms with E-state index in [1.165, 1.54) is 0 Å². The van der Waals surface area contributed by atoms with Crippen molar-refractivity contribution >= 4 is 23.2 Å². The maximum absolute atomic E-state index is 13.4. The van der Waals surface area contributed by atoms with E-state index in [1.807, 2.05) is 68.4 Å². The van der Waals surface area contributed by atoms with Gasteiger partial charge in [-0.3, -0.25) is 14.6 Å². The van der Waals surface area contributed by atoms with E-state index in [-0.39, 0.29) is 22.6 Å². The first-order valence-electron chi connectivity index (χ1n) is 13.2. The molecule has 2 amide bonds. The second kappa shape index (κ2) is 11.4. The quantitative estimate of drug-likeness (QED) is 0.351. The lowest BCUT2D eigenvalue weighted by Crippen LogP contribution is -2.32. The van der Waals surface area contributed by atoms with Crippen LogP contribution in [-0.4, -0.2) is 42.3 Å². The van der Waals surface area contributed by atoms with Gasteiger partial charge in [-0.1, -0.05) is 60.3 Å². The maximum Gasteiger partial charge on any atom is 0.255 e. The zero-order valence-electron chi connectivity index (χ0n) is 24.8. The van der Waals surface area contributed by atoms with E-state index in [2.05, 4.69) is 69.8 Å². The minimum Gasteiger partial charge on any atom is -0.378 e. The average Bonchev–Trinajstić information content (AvgIpc) is 2.86. The molecule has 2 N–H and O–H groups in total. The van der Waals surface area contributed by atoms with Crippen molar-refractivity contribution in [1.29, 1.82) is 0 Å². The van der Waals surface area contributed by atoms with Gasteiger partial charge < -0.3 is 15.5 Å². The molecule has 0 aliphatic rings. The van der Waals surface area contributed by atoms with Crippen LogP contribution in [0, 0.1) is 12.3 Å². The van der Waals surface area contributed by atoms with Crippen LogP contribution in [0.5, 0.6) is 0 Å². The summed E-state index contributed by atoms with van der Waals surface area (Å²) in [5.41, 5.74) is 7.09. The van der Waals surface area contributed by atoms with E-state index in [0.29, 0.717) is 23.4 Å². The van der Waals surface area contributed by atoms with Crippen LogP contribution in [0.4, 0.5) is 5.69 Å². The van der Waals surface area contributed by atoms with Crippen molar-refractivity contribution in [1.82, 2.24) is 15.2 Å². The summed E-state index contributed by atoms with van der Waals surface area (Å²) in [4.78, 5) is 32.4. The van der Waals surface area contributed by atoms with Crippen LogP contribution in [0.3, 0.4) is 0 Å². The lowest BCUT2D eigenvalue weighted by molar-refractivity contribution is 0.0938. The number of nitrogens with one attached hydrogen (secondary N) is 2. The Hall–Kier alpha value is -3.93. The highest BCUT2D eigenvalue weighted by atomic mass is 16.2. The van der Waals surface area contributed by atoms with E-state index >= 15 is 0 Å². The third-order valence-electron chi connectivity index (χ3n) is 6.52. The molecule has 206 valence electrons. The van der Waals surface area contributed by atoms with Crippen molar-refractivity contribution in [2.24, 2.45) is 5.41 Å². The number of hydrogen-bond donors (Lipinski definition) is 2. The molecule has 0 bridgehead atoms. The molecular weight excluding hydrogens is 484 g/mol. The van der Waals surface area contributed by atoms with Crippen LogP contribution in [0.1, 0.15) is 79.1 Å². The van der Waals surface area contributed by atoms with Crippen LogP contribution >= 0.6 is 0 Å². The maximum atomic E-state index is 13.4. The predicted molar refractivity (Wildman–Crippen MR) is 162 cm³/mol. The van der Waals surface area contributed by atoms with Gasteiger partial charge in [0.15, 0.2) is 0 Å². The first kappa shape index (κ1) is 29.6. The van der Waals surface area contributed by atoms with Gasteiger partial charge in [-0.15, -0.1) is 0 Å². The van der Waals surface area contributed by atoms with Crippen LogP contribution in [0.15, 0.2) is 61.3 Å². The molecule has 0 spiro atoms. The molecule has 3 aromatic rings. The molecule has 39 heavy (non-hydrogen) atoms. The fraction of sp³-hybridized carbons (Fsp3) is 0.364. The molecule has 0 saturated heterocycles. The third-order valence-corrected chi connectivity index (χ3v) is 6.52. The Balaban J connectivity index is 1.86. The fourth-order valence-electron chi connectivity index (χ4n) is 3.96. The van der Waals surface area contributed by atoms with Crippen molar-refractivity contribution < 1.29 is 9.59 Å². The Morgan fingerprint density at radius 1 is 0.872 bits per heavy atom. The Labute approximate surface area is 233 Å². The van der Waals surface area contributed by atoms with Crippen LogP contribution in [0.2, 0.25) is 0 Å². The molecule has 0 aliphatic heterocycles. The highest BCUT2D eigenvalue weighted by Gasteiger charge is 2.20. The number of aromatic nitrogens is 1. The number of anilines is 1. The number of hydrogen-bond acceptors (Lipinski definition) is 4. The summed E-state index contributed by atoms with van der Waals surface area (Å²) in [6.07, 6.45) is 1.66. The average molecular weight is 527 g/mol. The summed E-state index contributed by atoms with van der Waals surface area (Å²) in [6.45, 7) is 19.3. The summed E-state index contributed by atoms with van der Waals surface area (Å²) in [5, 5.41) is 6.00. The summed E-state index contributed by atoms with van der Waals surface area (Å²) in [6, 6.07) is 15.3. The van der Waals surface area contributed by atoms with Crippen molar-refractivity contribution in [2.75, 3.05) is 26.0 Å². The Morgan fingerprint density at radius 2 is 1.49 bits per heavy atom. The third kappa shape index (κ3) is 7.79.